The smallest absolute Gasteiger partial charge is 0.0429 e. The van der Waals surface area contributed by atoms with Crippen LogP contribution in [0.2, 0.25) is 0 Å². The third-order valence-electron chi connectivity index (χ3n) is 2.92. The summed E-state index contributed by atoms with van der Waals surface area (Å²) < 4.78 is 1.36. The number of benzene rings is 1. The highest BCUT2D eigenvalue weighted by Crippen LogP contribution is 2.34. The van der Waals surface area contributed by atoms with E-state index < -0.39 is 0 Å². The minimum absolute atomic E-state index is 0.124. The van der Waals surface area contributed by atoms with Gasteiger partial charge < -0.3 is 11.1 Å². The zero-order chi connectivity index (χ0) is 11.6. The molecule has 0 saturated heterocycles. The number of fused-ring (bicyclic) bond motifs is 1. The van der Waals surface area contributed by atoms with E-state index >= 15 is 0 Å². The largest absolute Gasteiger partial charge is 0.318 e. The van der Waals surface area contributed by atoms with Crippen LogP contribution >= 0.6 is 11.3 Å². The van der Waals surface area contributed by atoms with Gasteiger partial charge in [0.25, 0.3) is 0 Å². The average Bonchev–Trinajstić information content (AvgIpc) is 2.71. The van der Waals surface area contributed by atoms with E-state index in [1.54, 1.807) is 0 Å². The third-order valence-corrected chi connectivity index (χ3v) is 3.88. The predicted molar refractivity (Wildman–Crippen MR) is 71.9 cm³/mol. The molecule has 0 aliphatic heterocycles. The van der Waals surface area contributed by atoms with Crippen molar-refractivity contribution in [2.24, 2.45) is 5.73 Å². The lowest BCUT2D eigenvalue weighted by Gasteiger charge is -2.24. The van der Waals surface area contributed by atoms with Crippen LogP contribution in [0.3, 0.4) is 0 Å². The number of nitrogens with one attached hydrogen (secondary N) is 1. The minimum atomic E-state index is 0.124. The summed E-state index contributed by atoms with van der Waals surface area (Å²) in [6.45, 7) is 5.95. The van der Waals surface area contributed by atoms with Crippen molar-refractivity contribution < 1.29 is 0 Å². The van der Waals surface area contributed by atoms with Crippen molar-refractivity contribution in [2.45, 2.75) is 19.3 Å². The first kappa shape index (κ1) is 11.6. The van der Waals surface area contributed by atoms with E-state index in [1.807, 2.05) is 11.3 Å². The fraction of sp³-hybridized carbons (Fsp3) is 0.385. The Bertz CT molecular complexity index is 473. The second-order valence-electron chi connectivity index (χ2n) is 4.66. The maximum absolute atomic E-state index is 5.49. The molecule has 0 unspecified atom stereocenters. The highest BCUT2D eigenvalue weighted by atomic mass is 32.1. The molecule has 2 rings (SSSR count). The Morgan fingerprint density at radius 3 is 2.81 bits per heavy atom. The van der Waals surface area contributed by atoms with Gasteiger partial charge in [0.2, 0.25) is 0 Å². The van der Waals surface area contributed by atoms with Crippen LogP contribution in [0, 0.1) is 0 Å². The molecule has 0 atom stereocenters. The quantitative estimate of drug-likeness (QED) is 0.798. The van der Waals surface area contributed by atoms with Crippen molar-refractivity contribution in [1.29, 1.82) is 0 Å². The van der Waals surface area contributed by atoms with Gasteiger partial charge in [-0.1, -0.05) is 32.0 Å². The Morgan fingerprint density at radius 1 is 1.31 bits per heavy atom. The van der Waals surface area contributed by atoms with Crippen LogP contribution in [0.15, 0.2) is 29.6 Å². The maximum Gasteiger partial charge on any atom is 0.0429 e. The zero-order valence-corrected chi connectivity index (χ0v) is 10.6. The minimum Gasteiger partial charge on any atom is -0.318 e. The third kappa shape index (κ3) is 2.12. The zero-order valence-electron chi connectivity index (χ0n) is 9.79. The number of nitrogens with two attached hydrogens (primary N) is 1. The van der Waals surface area contributed by atoms with E-state index in [1.165, 1.54) is 15.6 Å². The van der Waals surface area contributed by atoms with Crippen molar-refractivity contribution in [3.05, 3.63) is 35.2 Å². The summed E-state index contributed by atoms with van der Waals surface area (Å²) in [5.41, 5.74) is 7.03. The van der Waals surface area contributed by atoms with Gasteiger partial charge >= 0.3 is 0 Å². The second-order valence-corrected chi connectivity index (χ2v) is 5.57. The Kier molecular flexibility index (Phi) is 3.28. The molecule has 86 valence electrons. The Labute approximate surface area is 100 Å². The molecule has 3 heteroatoms. The summed E-state index contributed by atoms with van der Waals surface area (Å²) in [5.74, 6) is 0. The Morgan fingerprint density at radius 2 is 2.06 bits per heavy atom. The summed E-state index contributed by atoms with van der Waals surface area (Å²) in [6, 6.07) is 8.57. The molecule has 2 nitrogen and oxygen atoms in total. The SMILES string of the molecule is CC(C)(CNCN)c1csc2ccccc12. The topological polar surface area (TPSA) is 38.0 Å². The first-order valence-corrected chi connectivity index (χ1v) is 6.40. The molecule has 0 aliphatic carbocycles. The summed E-state index contributed by atoms with van der Waals surface area (Å²) >= 11 is 1.82. The van der Waals surface area contributed by atoms with E-state index in [0.29, 0.717) is 6.67 Å². The van der Waals surface area contributed by atoms with Gasteiger partial charge in [-0.15, -0.1) is 11.3 Å². The van der Waals surface area contributed by atoms with E-state index in [2.05, 4.69) is 48.8 Å². The van der Waals surface area contributed by atoms with Crippen molar-refractivity contribution in [3.8, 4) is 0 Å². The lowest BCUT2D eigenvalue weighted by atomic mass is 9.84. The second kappa shape index (κ2) is 4.53. The average molecular weight is 234 g/mol. The summed E-state index contributed by atoms with van der Waals surface area (Å²) in [4.78, 5) is 0. The van der Waals surface area contributed by atoms with Gasteiger partial charge in [-0.2, -0.15) is 0 Å². The van der Waals surface area contributed by atoms with Gasteiger partial charge in [0.15, 0.2) is 0 Å². The van der Waals surface area contributed by atoms with Gasteiger partial charge in [0, 0.05) is 23.3 Å². The molecule has 0 saturated carbocycles. The van der Waals surface area contributed by atoms with Crippen LogP contribution in [0.4, 0.5) is 0 Å². The Hall–Kier alpha value is -0.900. The summed E-state index contributed by atoms with van der Waals surface area (Å²) in [6.07, 6.45) is 0. The van der Waals surface area contributed by atoms with Crippen molar-refractivity contribution in [1.82, 2.24) is 5.32 Å². The molecule has 0 amide bonds. The van der Waals surface area contributed by atoms with Gasteiger partial charge in [0.1, 0.15) is 0 Å². The summed E-state index contributed by atoms with van der Waals surface area (Å²) in [7, 11) is 0. The van der Waals surface area contributed by atoms with Crippen molar-refractivity contribution in [3.63, 3.8) is 0 Å². The molecule has 0 fully saturated rings. The monoisotopic (exact) mass is 234 g/mol. The Balaban J connectivity index is 2.38. The van der Waals surface area contributed by atoms with Crippen LogP contribution in [-0.4, -0.2) is 13.2 Å². The van der Waals surface area contributed by atoms with Crippen LogP contribution < -0.4 is 11.1 Å². The van der Waals surface area contributed by atoms with Crippen LogP contribution in [0.25, 0.3) is 10.1 Å². The van der Waals surface area contributed by atoms with Crippen LogP contribution in [0.1, 0.15) is 19.4 Å². The number of thiophene rings is 1. The van der Waals surface area contributed by atoms with Crippen molar-refractivity contribution in [2.75, 3.05) is 13.2 Å². The van der Waals surface area contributed by atoms with E-state index in [9.17, 15) is 0 Å². The number of hydrogen-bond acceptors (Lipinski definition) is 3. The van der Waals surface area contributed by atoms with E-state index in [0.717, 1.165) is 6.54 Å². The van der Waals surface area contributed by atoms with E-state index in [-0.39, 0.29) is 5.41 Å². The standard InChI is InChI=1S/C13H18N2S/c1-13(2,8-15-9-14)11-7-16-12-6-4-3-5-10(11)12/h3-7,15H,8-9,14H2,1-2H3. The first-order chi connectivity index (χ1) is 7.65. The first-order valence-electron chi connectivity index (χ1n) is 5.52. The van der Waals surface area contributed by atoms with E-state index in [4.69, 9.17) is 5.73 Å². The van der Waals surface area contributed by atoms with Crippen LogP contribution in [0.5, 0.6) is 0 Å². The molecule has 0 bridgehead atoms. The summed E-state index contributed by atoms with van der Waals surface area (Å²) in [5, 5.41) is 6.86. The highest BCUT2D eigenvalue weighted by Gasteiger charge is 2.23. The van der Waals surface area contributed by atoms with Gasteiger partial charge in [0.05, 0.1) is 0 Å². The van der Waals surface area contributed by atoms with Gasteiger partial charge in [-0.05, 0) is 22.4 Å². The maximum atomic E-state index is 5.49. The van der Waals surface area contributed by atoms with Gasteiger partial charge in [-0.25, -0.2) is 0 Å². The molecular weight excluding hydrogens is 216 g/mol. The molecule has 0 aliphatic rings. The normalized spacial score (nSPS) is 12.2. The molecule has 16 heavy (non-hydrogen) atoms. The molecular formula is C13H18N2S. The van der Waals surface area contributed by atoms with Crippen LogP contribution in [-0.2, 0) is 5.41 Å². The fourth-order valence-corrected chi connectivity index (χ4v) is 3.13. The number of hydrogen-bond donors (Lipinski definition) is 2. The molecule has 1 aromatic carbocycles. The predicted octanol–water partition coefficient (Wildman–Crippen LogP) is 2.68. The molecule has 1 aromatic heterocycles. The molecule has 1 heterocycles. The highest BCUT2D eigenvalue weighted by molar-refractivity contribution is 7.17. The van der Waals surface area contributed by atoms with Crippen molar-refractivity contribution >= 4 is 21.4 Å². The van der Waals surface area contributed by atoms with Gasteiger partial charge in [-0.3, -0.25) is 0 Å². The lowest BCUT2D eigenvalue weighted by Crippen LogP contribution is -2.35. The number of rotatable bonds is 4. The molecule has 0 radical (unpaired) electrons. The molecule has 2 aromatic rings. The molecule has 0 spiro atoms. The fourth-order valence-electron chi connectivity index (χ4n) is 1.98. The lowest BCUT2D eigenvalue weighted by molar-refractivity contribution is 0.479. The molecule has 3 N–H and O–H groups in total.